The van der Waals surface area contributed by atoms with Crippen LogP contribution in [0.25, 0.3) is 0 Å². The third-order valence-corrected chi connectivity index (χ3v) is 5.18. The number of benzene rings is 1. The second kappa shape index (κ2) is 8.06. The number of rotatable bonds is 4. The molecule has 0 bridgehead atoms. The number of alkyl halides is 3. The minimum atomic E-state index is -4.78. The highest BCUT2D eigenvalue weighted by Gasteiger charge is 2.60. The Morgan fingerprint density at radius 3 is 2.41 bits per heavy atom. The van der Waals surface area contributed by atoms with Gasteiger partial charge in [-0.2, -0.15) is 13.2 Å². The molecular weight excluding hydrogens is 389 g/mol. The van der Waals surface area contributed by atoms with Crippen molar-refractivity contribution >= 4 is 11.9 Å². The maximum atomic E-state index is 14.4. The van der Waals surface area contributed by atoms with E-state index in [1.807, 2.05) is 0 Å². The molecule has 2 heterocycles. The second-order valence-corrected chi connectivity index (χ2v) is 7.04. The van der Waals surface area contributed by atoms with Crippen molar-refractivity contribution in [2.45, 2.75) is 32.0 Å². The molecule has 0 spiro atoms. The van der Waals surface area contributed by atoms with Gasteiger partial charge in [0.05, 0.1) is 19.8 Å². The summed E-state index contributed by atoms with van der Waals surface area (Å²) in [5, 5.41) is 2.08. The summed E-state index contributed by atoms with van der Waals surface area (Å²) in [4.78, 5) is 26.9. The summed E-state index contributed by atoms with van der Waals surface area (Å²) in [7, 11) is 0. The molecule has 0 radical (unpaired) electrons. The van der Waals surface area contributed by atoms with Crippen LogP contribution < -0.4 is 5.32 Å². The predicted molar refractivity (Wildman–Crippen MR) is 97.7 cm³/mol. The zero-order valence-electron chi connectivity index (χ0n) is 16.3. The molecule has 2 aliphatic rings. The average molecular weight is 412 g/mol. The normalized spacial score (nSPS) is 23.1. The molecule has 0 saturated carbocycles. The van der Waals surface area contributed by atoms with E-state index in [1.165, 1.54) is 12.1 Å². The number of nitrogens with zero attached hydrogens (tertiary/aromatic N) is 1. The van der Waals surface area contributed by atoms with E-state index in [-0.39, 0.29) is 36.5 Å². The number of carbonyl (C=O) groups is 2. The van der Waals surface area contributed by atoms with Crippen molar-refractivity contribution in [3.63, 3.8) is 0 Å². The summed E-state index contributed by atoms with van der Waals surface area (Å²) < 4.78 is 53.4. The van der Waals surface area contributed by atoms with Crippen LogP contribution in [0.4, 0.5) is 13.2 Å². The Labute approximate surface area is 166 Å². The molecule has 9 heteroatoms. The topological polar surface area (TPSA) is 67.9 Å². The van der Waals surface area contributed by atoms with Crippen LogP contribution in [0.3, 0.4) is 0 Å². The van der Waals surface area contributed by atoms with Gasteiger partial charge in [-0.3, -0.25) is 4.79 Å². The number of esters is 1. The van der Waals surface area contributed by atoms with Crippen LogP contribution in [0.5, 0.6) is 0 Å². The number of hydrogen-bond acceptors (Lipinski definition) is 5. The molecule has 2 aliphatic heterocycles. The fraction of sp³-hybridized carbons (Fsp3) is 0.500. The smallest absolute Gasteiger partial charge is 0.416 e. The van der Waals surface area contributed by atoms with E-state index in [0.29, 0.717) is 13.2 Å². The molecule has 6 nitrogen and oxygen atoms in total. The van der Waals surface area contributed by atoms with Crippen molar-refractivity contribution < 1.29 is 32.2 Å². The summed E-state index contributed by atoms with van der Waals surface area (Å²) in [6, 6.07) is 5.84. The van der Waals surface area contributed by atoms with E-state index in [1.54, 1.807) is 30.9 Å². The Morgan fingerprint density at radius 2 is 1.86 bits per heavy atom. The first-order valence-electron chi connectivity index (χ1n) is 9.39. The first kappa shape index (κ1) is 21.2. The Hall–Kier alpha value is -2.55. The van der Waals surface area contributed by atoms with E-state index in [0.717, 1.165) is 5.56 Å². The highest BCUT2D eigenvalue weighted by molar-refractivity contribution is 6.17. The van der Waals surface area contributed by atoms with Gasteiger partial charge >= 0.3 is 12.1 Å². The van der Waals surface area contributed by atoms with Gasteiger partial charge in [-0.15, -0.1) is 0 Å². The van der Waals surface area contributed by atoms with Crippen molar-refractivity contribution in [3.05, 3.63) is 46.7 Å². The van der Waals surface area contributed by atoms with E-state index in [4.69, 9.17) is 9.47 Å². The molecule has 0 aromatic heterocycles. The Kier molecular flexibility index (Phi) is 5.88. The molecule has 1 amide bonds. The van der Waals surface area contributed by atoms with Crippen molar-refractivity contribution in [2.75, 3.05) is 32.9 Å². The van der Waals surface area contributed by atoms with Gasteiger partial charge in [0, 0.05) is 25.2 Å². The Bertz CT molecular complexity index is 814. The van der Waals surface area contributed by atoms with Crippen molar-refractivity contribution in [3.8, 4) is 0 Å². The molecule has 0 aliphatic carbocycles. The highest BCUT2D eigenvalue weighted by atomic mass is 19.4. The maximum absolute atomic E-state index is 14.4. The SMILES string of the molecule is CCOC(=O)C1=C(N2CCOCC2)CC(c2ccc(C)cc2)(C(F)(F)F)NC1=O. The Balaban J connectivity index is 2.15. The lowest BCUT2D eigenvalue weighted by atomic mass is 9.79. The van der Waals surface area contributed by atoms with E-state index in [9.17, 15) is 22.8 Å². The number of ether oxygens (including phenoxy) is 2. The number of hydrogen-bond donors (Lipinski definition) is 1. The first-order valence-corrected chi connectivity index (χ1v) is 9.39. The standard InChI is InChI=1S/C20H23F3N2O4/c1-3-29-18(27)16-15(25-8-10-28-11-9-25)12-19(20(21,22)23,24-17(16)26)14-6-4-13(2)5-7-14/h4-7H,3,8-12H2,1-2H3,(H,24,26). The maximum Gasteiger partial charge on any atom is 0.416 e. The summed E-state index contributed by atoms with van der Waals surface area (Å²) in [5.74, 6) is -2.01. The zero-order valence-corrected chi connectivity index (χ0v) is 16.3. The number of aryl methyl sites for hydroxylation is 1. The molecule has 1 aromatic carbocycles. The zero-order chi connectivity index (χ0) is 21.2. The lowest BCUT2D eigenvalue weighted by Gasteiger charge is -2.44. The number of amides is 1. The number of morpholine rings is 1. The molecule has 1 unspecified atom stereocenters. The molecule has 3 rings (SSSR count). The van der Waals surface area contributed by atoms with Gasteiger partial charge in [-0.1, -0.05) is 29.8 Å². The van der Waals surface area contributed by atoms with Crippen LogP contribution in [0, 0.1) is 6.92 Å². The van der Waals surface area contributed by atoms with Crippen molar-refractivity contribution in [2.24, 2.45) is 0 Å². The van der Waals surface area contributed by atoms with Gasteiger partial charge in [0.1, 0.15) is 5.57 Å². The molecule has 29 heavy (non-hydrogen) atoms. The summed E-state index contributed by atoms with van der Waals surface area (Å²) in [5.41, 5.74) is -2.27. The summed E-state index contributed by atoms with van der Waals surface area (Å²) >= 11 is 0. The monoisotopic (exact) mass is 412 g/mol. The minimum absolute atomic E-state index is 0.00831. The average Bonchev–Trinajstić information content (AvgIpc) is 2.67. The van der Waals surface area contributed by atoms with E-state index < -0.39 is 30.0 Å². The van der Waals surface area contributed by atoms with Crippen LogP contribution in [0.1, 0.15) is 24.5 Å². The minimum Gasteiger partial charge on any atom is -0.462 e. The quantitative estimate of drug-likeness (QED) is 0.608. The van der Waals surface area contributed by atoms with Crippen LogP contribution in [0.15, 0.2) is 35.5 Å². The molecular formula is C20H23F3N2O4. The third kappa shape index (κ3) is 3.96. The van der Waals surface area contributed by atoms with Gasteiger partial charge in [0.25, 0.3) is 5.91 Å². The summed E-state index contributed by atoms with van der Waals surface area (Å²) in [6.45, 7) is 4.51. The van der Waals surface area contributed by atoms with Gasteiger partial charge in [0.2, 0.25) is 0 Å². The van der Waals surface area contributed by atoms with Crippen LogP contribution in [0.2, 0.25) is 0 Å². The van der Waals surface area contributed by atoms with E-state index >= 15 is 0 Å². The number of halogens is 3. The molecule has 1 N–H and O–H groups in total. The van der Waals surface area contributed by atoms with Gasteiger partial charge in [0.15, 0.2) is 5.54 Å². The van der Waals surface area contributed by atoms with Crippen LogP contribution in [-0.4, -0.2) is 55.9 Å². The third-order valence-electron chi connectivity index (χ3n) is 5.18. The number of nitrogens with one attached hydrogen (secondary N) is 1. The molecule has 1 fully saturated rings. The van der Waals surface area contributed by atoms with Gasteiger partial charge in [-0.05, 0) is 19.4 Å². The molecule has 1 aromatic rings. The molecule has 1 saturated heterocycles. The fourth-order valence-corrected chi connectivity index (χ4v) is 3.64. The lowest BCUT2D eigenvalue weighted by Crippen LogP contribution is -2.61. The molecule has 1 atom stereocenters. The first-order chi connectivity index (χ1) is 13.7. The fourth-order valence-electron chi connectivity index (χ4n) is 3.64. The molecule has 158 valence electrons. The predicted octanol–water partition coefficient (Wildman–Crippen LogP) is 2.42. The summed E-state index contributed by atoms with van der Waals surface area (Å²) in [6.07, 6.45) is -5.38. The van der Waals surface area contributed by atoms with Gasteiger partial charge < -0.3 is 19.7 Å². The highest BCUT2D eigenvalue weighted by Crippen LogP contribution is 2.47. The van der Waals surface area contributed by atoms with Crippen molar-refractivity contribution in [1.82, 2.24) is 10.2 Å². The largest absolute Gasteiger partial charge is 0.462 e. The lowest BCUT2D eigenvalue weighted by molar-refractivity contribution is -0.205. The van der Waals surface area contributed by atoms with E-state index in [2.05, 4.69) is 5.32 Å². The number of carbonyl (C=O) groups excluding carboxylic acids is 2. The second-order valence-electron chi connectivity index (χ2n) is 7.04. The van der Waals surface area contributed by atoms with Crippen LogP contribution in [-0.2, 0) is 24.6 Å². The van der Waals surface area contributed by atoms with Crippen molar-refractivity contribution in [1.29, 1.82) is 0 Å². The Morgan fingerprint density at radius 1 is 1.24 bits per heavy atom. The van der Waals surface area contributed by atoms with Crippen LogP contribution >= 0.6 is 0 Å². The van der Waals surface area contributed by atoms with Gasteiger partial charge in [-0.25, -0.2) is 4.79 Å².